The summed E-state index contributed by atoms with van der Waals surface area (Å²) in [7, 11) is 4.03. The number of anilines is 1. The van der Waals surface area contributed by atoms with Gasteiger partial charge in [-0.2, -0.15) is 0 Å². The van der Waals surface area contributed by atoms with E-state index in [2.05, 4.69) is 58.4 Å². The molecule has 2 aromatic carbocycles. The molecule has 3 aromatic rings. The molecule has 3 rings (SSSR count). The molecular formula is C25H34N5NaO2. The Morgan fingerprint density at radius 3 is 2.39 bits per heavy atom. The number of tetrazole rings is 1. The molecule has 0 aliphatic carbocycles. The fraction of sp³-hybridized carbons (Fsp3) is 0.480. The molecule has 0 bridgehead atoms. The number of nitrogens with zero attached hydrogens (tertiary/aromatic N) is 5. The quantitative estimate of drug-likeness (QED) is 0.345. The Labute approximate surface area is 219 Å². The van der Waals surface area contributed by atoms with E-state index in [1.807, 2.05) is 32.3 Å². The summed E-state index contributed by atoms with van der Waals surface area (Å²) in [6.45, 7) is 6.97. The van der Waals surface area contributed by atoms with E-state index in [-0.39, 0.29) is 40.7 Å². The maximum absolute atomic E-state index is 10.7. The molecule has 1 aromatic heterocycles. The number of hydrogen-bond acceptors (Lipinski definition) is 6. The van der Waals surface area contributed by atoms with Crippen molar-refractivity contribution in [3.8, 4) is 22.6 Å². The van der Waals surface area contributed by atoms with Crippen molar-refractivity contribution in [2.45, 2.75) is 58.3 Å². The summed E-state index contributed by atoms with van der Waals surface area (Å²) in [5.41, 5.74) is 3.94. The summed E-state index contributed by atoms with van der Waals surface area (Å²) in [6, 6.07) is 12.0. The number of benzene rings is 2. The first-order valence-electron chi connectivity index (χ1n) is 11.3. The fourth-order valence-electron chi connectivity index (χ4n) is 3.75. The van der Waals surface area contributed by atoms with Gasteiger partial charge in [0.2, 0.25) is 0 Å². The molecule has 1 heterocycles. The Morgan fingerprint density at radius 2 is 1.79 bits per heavy atom. The molecule has 0 radical (unpaired) electrons. The predicted molar refractivity (Wildman–Crippen MR) is 127 cm³/mol. The van der Waals surface area contributed by atoms with Gasteiger partial charge in [0.15, 0.2) is 0 Å². The van der Waals surface area contributed by atoms with Crippen LogP contribution in [0, 0.1) is 0 Å². The first-order chi connectivity index (χ1) is 15.3. The monoisotopic (exact) mass is 459 g/mol. The number of phenolic OH excluding ortho intramolecular Hbond substituents is 1. The van der Waals surface area contributed by atoms with E-state index in [1.54, 1.807) is 6.07 Å². The van der Waals surface area contributed by atoms with E-state index in [4.69, 9.17) is 4.74 Å². The number of aromatic nitrogens is 4. The van der Waals surface area contributed by atoms with Crippen LogP contribution in [0.4, 0.5) is 5.69 Å². The van der Waals surface area contributed by atoms with Crippen LogP contribution < -0.4 is 44.4 Å². The smallest absolute Gasteiger partial charge is 0.507 e. The molecule has 0 aliphatic heterocycles. The Bertz CT molecular complexity index is 989. The molecule has 0 fully saturated rings. The minimum atomic E-state index is -0.119. The molecule has 0 atom stereocenters. The summed E-state index contributed by atoms with van der Waals surface area (Å²) in [5.74, 6) is 1.71. The molecule has 0 saturated heterocycles. The second-order valence-corrected chi connectivity index (χ2v) is 9.02. The van der Waals surface area contributed by atoms with Gasteiger partial charge in [-0.05, 0) is 48.6 Å². The van der Waals surface area contributed by atoms with Crippen LogP contribution in [0.15, 0.2) is 36.4 Å². The van der Waals surface area contributed by atoms with Crippen LogP contribution in [0.1, 0.15) is 57.8 Å². The standard InChI is InChI=1S/C25H34N5O2.Na/c1-6-18-16-21(19-10-12-20(13-11-19)30(4)5)22(31)17-23(18)32-15-9-7-8-14-25(2,3)24-26-28-29-27-24;/h10-13,16-17H,6-9,14-15H2,1-5H3,(H-,26,27,28,29,31);/q-1;+1. The number of rotatable bonds is 11. The Kier molecular flexibility index (Phi) is 10.2. The van der Waals surface area contributed by atoms with Gasteiger partial charge in [-0.15, -0.1) is 0 Å². The zero-order chi connectivity index (χ0) is 23.1. The van der Waals surface area contributed by atoms with Gasteiger partial charge in [-0.1, -0.05) is 45.7 Å². The average Bonchev–Trinajstić information content (AvgIpc) is 3.32. The number of phenols is 1. The van der Waals surface area contributed by atoms with Crippen molar-refractivity contribution in [3.63, 3.8) is 0 Å². The first kappa shape index (κ1) is 27.2. The van der Waals surface area contributed by atoms with Crippen LogP contribution in [0.25, 0.3) is 11.1 Å². The summed E-state index contributed by atoms with van der Waals surface area (Å²) in [4.78, 5) is 2.06. The van der Waals surface area contributed by atoms with Gasteiger partial charge in [0.25, 0.3) is 0 Å². The van der Waals surface area contributed by atoms with Crippen LogP contribution in [0.3, 0.4) is 0 Å². The largest absolute Gasteiger partial charge is 1.00 e. The van der Waals surface area contributed by atoms with Crippen molar-refractivity contribution < 1.29 is 39.4 Å². The molecule has 0 unspecified atom stereocenters. The van der Waals surface area contributed by atoms with E-state index < -0.39 is 0 Å². The second-order valence-electron chi connectivity index (χ2n) is 9.02. The minimum absolute atomic E-state index is 0. The molecule has 0 amide bonds. The van der Waals surface area contributed by atoms with E-state index in [9.17, 15) is 5.11 Å². The van der Waals surface area contributed by atoms with Crippen molar-refractivity contribution >= 4 is 5.69 Å². The number of unbranched alkanes of at least 4 members (excludes halogenated alkanes) is 2. The zero-order valence-electron chi connectivity index (χ0n) is 20.8. The molecule has 33 heavy (non-hydrogen) atoms. The van der Waals surface area contributed by atoms with E-state index in [1.165, 1.54) is 0 Å². The van der Waals surface area contributed by atoms with Gasteiger partial charge in [0.1, 0.15) is 11.5 Å². The number of aryl methyl sites for hydroxylation is 1. The molecule has 0 aliphatic rings. The van der Waals surface area contributed by atoms with Crippen molar-refractivity contribution in [1.82, 2.24) is 20.6 Å². The number of aromatic hydroxyl groups is 1. The molecule has 172 valence electrons. The normalized spacial score (nSPS) is 11.2. The third-order valence-corrected chi connectivity index (χ3v) is 5.88. The van der Waals surface area contributed by atoms with Crippen LogP contribution in [0.5, 0.6) is 11.5 Å². The third-order valence-electron chi connectivity index (χ3n) is 5.88. The first-order valence-corrected chi connectivity index (χ1v) is 11.3. The van der Waals surface area contributed by atoms with Gasteiger partial charge in [-0.3, -0.25) is 15.5 Å². The van der Waals surface area contributed by atoms with Crippen molar-refractivity contribution in [2.24, 2.45) is 0 Å². The Balaban J connectivity index is 0.00000385. The maximum Gasteiger partial charge on any atom is 1.00 e. The van der Waals surface area contributed by atoms with Crippen molar-refractivity contribution in [3.05, 3.63) is 47.8 Å². The second kappa shape index (κ2) is 12.4. The topological polar surface area (TPSA) is 85.5 Å². The maximum atomic E-state index is 10.7. The predicted octanol–water partition coefficient (Wildman–Crippen LogP) is 1.75. The van der Waals surface area contributed by atoms with Gasteiger partial charge in [0, 0.05) is 42.7 Å². The van der Waals surface area contributed by atoms with Gasteiger partial charge >= 0.3 is 29.6 Å². The number of hydrogen-bond donors (Lipinski definition) is 1. The molecule has 1 N–H and O–H groups in total. The molecule has 0 saturated carbocycles. The van der Waals surface area contributed by atoms with Gasteiger partial charge in [-0.25, -0.2) is 0 Å². The van der Waals surface area contributed by atoms with E-state index >= 15 is 0 Å². The summed E-state index contributed by atoms with van der Waals surface area (Å²) in [5, 5.41) is 25.8. The fourth-order valence-corrected chi connectivity index (χ4v) is 3.75. The van der Waals surface area contributed by atoms with Crippen LogP contribution in [0.2, 0.25) is 0 Å². The number of ether oxygens (including phenoxy) is 1. The molecule has 7 nitrogen and oxygen atoms in total. The third kappa shape index (κ3) is 7.19. The molecule has 8 heteroatoms. The van der Waals surface area contributed by atoms with Crippen LogP contribution >= 0.6 is 0 Å². The van der Waals surface area contributed by atoms with Crippen LogP contribution in [-0.4, -0.2) is 41.2 Å². The van der Waals surface area contributed by atoms with Gasteiger partial charge < -0.3 is 19.8 Å². The minimum Gasteiger partial charge on any atom is -0.507 e. The average molecular weight is 460 g/mol. The van der Waals surface area contributed by atoms with Gasteiger partial charge in [0.05, 0.1) is 6.61 Å². The van der Waals surface area contributed by atoms with Crippen molar-refractivity contribution in [2.75, 3.05) is 25.6 Å². The van der Waals surface area contributed by atoms with E-state index in [0.717, 1.165) is 60.2 Å². The Hall–Kier alpha value is -2.09. The van der Waals surface area contributed by atoms with Crippen LogP contribution in [-0.2, 0) is 11.8 Å². The van der Waals surface area contributed by atoms with Crippen molar-refractivity contribution in [1.29, 1.82) is 0 Å². The SMILES string of the molecule is CCc1cc(-c2ccc(N(C)C)cc2)c(O)cc1OCCCCCC(C)(C)c1nn[n-]n1.[Na+]. The Morgan fingerprint density at radius 1 is 1.06 bits per heavy atom. The molecule has 0 spiro atoms. The summed E-state index contributed by atoms with van der Waals surface area (Å²) in [6.07, 6.45) is 4.87. The summed E-state index contributed by atoms with van der Waals surface area (Å²) < 4.78 is 6.04. The zero-order valence-corrected chi connectivity index (χ0v) is 22.8. The summed E-state index contributed by atoms with van der Waals surface area (Å²) >= 11 is 0. The van der Waals surface area contributed by atoms with E-state index in [0.29, 0.717) is 12.4 Å². The molecular weight excluding hydrogens is 425 g/mol.